The van der Waals surface area contributed by atoms with Crippen LogP contribution in [-0.2, 0) is 0 Å². The molecule has 0 saturated heterocycles. The maximum atomic E-state index is 4.52. The van der Waals surface area contributed by atoms with Crippen molar-refractivity contribution in [2.24, 2.45) is 0 Å². The van der Waals surface area contributed by atoms with Crippen LogP contribution in [0.25, 0.3) is 21.8 Å². The molecule has 0 amide bonds. The van der Waals surface area contributed by atoms with Crippen molar-refractivity contribution in [3.63, 3.8) is 0 Å². The Morgan fingerprint density at radius 1 is 1.11 bits per heavy atom. The molecular weight excluding hydrogens is 244 g/mol. The second-order valence-corrected chi connectivity index (χ2v) is 4.70. The summed E-state index contributed by atoms with van der Waals surface area (Å²) in [5.41, 5.74) is 2.62. The monoisotopic (exact) mass is 254 g/mol. The largest absolute Gasteiger partial charge is 0.261 e. The predicted molar refractivity (Wildman–Crippen MR) is 71.1 cm³/mol. The van der Waals surface area contributed by atoms with Crippen LogP contribution in [0, 0.1) is 6.92 Å². The average Bonchev–Trinajstić information content (AvgIpc) is 2.93. The Hall–Kier alpha value is -2.14. The molecule has 0 N–H and O–H groups in total. The first-order chi connectivity index (χ1) is 8.84. The van der Waals surface area contributed by atoms with Gasteiger partial charge in [-0.1, -0.05) is 6.07 Å². The van der Waals surface area contributed by atoms with Crippen molar-refractivity contribution < 1.29 is 0 Å². The summed E-state index contributed by atoms with van der Waals surface area (Å²) in [7, 11) is 0. The van der Waals surface area contributed by atoms with Gasteiger partial charge in [-0.15, -0.1) is 11.3 Å². The first kappa shape index (κ1) is 11.0. The molecule has 3 rings (SSSR count). The highest BCUT2D eigenvalue weighted by atomic mass is 32.1. The van der Waals surface area contributed by atoms with Gasteiger partial charge in [-0.3, -0.25) is 9.97 Å². The van der Waals surface area contributed by atoms with Crippen LogP contribution in [0.2, 0.25) is 0 Å². The van der Waals surface area contributed by atoms with E-state index in [1.807, 2.05) is 24.4 Å². The Labute approximate surface area is 108 Å². The first-order valence-corrected chi connectivity index (χ1v) is 6.36. The molecule has 0 bridgehead atoms. The standard InChI is InChI=1S/C13H10N4S/c1-9-16-7-10(11-8-14-4-5-15-11)13(17-9)12-3-2-6-18-12/h2-8H,1H3. The molecule has 4 nitrogen and oxygen atoms in total. The number of nitrogens with zero attached hydrogens (tertiary/aromatic N) is 4. The Morgan fingerprint density at radius 2 is 2.06 bits per heavy atom. The third-order valence-electron chi connectivity index (χ3n) is 2.50. The van der Waals surface area contributed by atoms with E-state index < -0.39 is 0 Å². The van der Waals surface area contributed by atoms with Gasteiger partial charge in [-0.2, -0.15) is 0 Å². The third-order valence-corrected chi connectivity index (χ3v) is 3.38. The number of aryl methyl sites for hydroxylation is 1. The minimum absolute atomic E-state index is 0.756. The van der Waals surface area contributed by atoms with E-state index in [0.717, 1.165) is 27.7 Å². The number of hydrogen-bond acceptors (Lipinski definition) is 5. The molecule has 0 aliphatic rings. The molecule has 0 unspecified atom stereocenters. The fraction of sp³-hybridized carbons (Fsp3) is 0.0769. The normalized spacial score (nSPS) is 10.5. The Balaban J connectivity index is 2.21. The summed E-state index contributed by atoms with van der Waals surface area (Å²) in [6, 6.07) is 4.06. The van der Waals surface area contributed by atoms with Crippen molar-refractivity contribution >= 4 is 11.3 Å². The molecule has 0 radical (unpaired) electrons. The minimum atomic E-state index is 0.756. The SMILES string of the molecule is Cc1ncc(-c2cnccn2)c(-c2cccs2)n1. The summed E-state index contributed by atoms with van der Waals surface area (Å²) in [5, 5.41) is 2.03. The molecule has 88 valence electrons. The van der Waals surface area contributed by atoms with E-state index >= 15 is 0 Å². The van der Waals surface area contributed by atoms with E-state index in [0.29, 0.717) is 0 Å². The van der Waals surface area contributed by atoms with Crippen molar-refractivity contribution in [1.82, 2.24) is 19.9 Å². The molecule has 3 heterocycles. The summed E-state index contributed by atoms with van der Waals surface area (Å²) in [6.07, 6.45) is 6.86. The molecule has 0 aromatic carbocycles. The molecule has 0 saturated carbocycles. The van der Waals surface area contributed by atoms with Crippen molar-refractivity contribution in [3.05, 3.63) is 48.1 Å². The van der Waals surface area contributed by atoms with Crippen LogP contribution in [0.4, 0.5) is 0 Å². The zero-order chi connectivity index (χ0) is 12.4. The lowest BCUT2D eigenvalue weighted by atomic mass is 10.1. The fourth-order valence-corrected chi connectivity index (χ4v) is 2.42. The Morgan fingerprint density at radius 3 is 2.78 bits per heavy atom. The Kier molecular flexibility index (Phi) is 2.82. The minimum Gasteiger partial charge on any atom is -0.261 e. The van der Waals surface area contributed by atoms with Gasteiger partial charge < -0.3 is 0 Å². The quantitative estimate of drug-likeness (QED) is 0.705. The van der Waals surface area contributed by atoms with Crippen molar-refractivity contribution in [3.8, 4) is 21.8 Å². The van der Waals surface area contributed by atoms with Gasteiger partial charge in [0.2, 0.25) is 0 Å². The number of aromatic nitrogens is 4. The van der Waals surface area contributed by atoms with Crippen LogP contribution >= 0.6 is 11.3 Å². The summed E-state index contributed by atoms with van der Waals surface area (Å²) in [4.78, 5) is 18.3. The lowest BCUT2D eigenvalue weighted by Crippen LogP contribution is -1.95. The molecular formula is C13H10N4S. The van der Waals surface area contributed by atoms with Gasteiger partial charge in [-0.05, 0) is 18.4 Å². The topological polar surface area (TPSA) is 51.6 Å². The fourth-order valence-electron chi connectivity index (χ4n) is 1.70. The molecule has 0 aliphatic heterocycles. The molecule has 3 aromatic rings. The predicted octanol–water partition coefficient (Wildman–Crippen LogP) is 2.97. The van der Waals surface area contributed by atoms with Crippen LogP contribution < -0.4 is 0 Å². The van der Waals surface area contributed by atoms with Crippen LogP contribution in [0.1, 0.15) is 5.82 Å². The molecule has 0 atom stereocenters. The maximum Gasteiger partial charge on any atom is 0.125 e. The van der Waals surface area contributed by atoms with Crippen molar-refractivity contribution in [2.45, 2.75) is 6.92 Å². The zero-order valence-corrected chi connectivity index (χ0v) is 10.6. The van der Waals surface area contributed by atoms with Crippen LogP contribution in [-0.4, -0.2) is 19.9 Å². The van der Waals surface area contributed by atoms with E-state index in [4.69, 9.17) is 0 Å². The molecule has 18 heavy (non-hydrogen) atoms. The maximum absolute atomic E-state index is 4.52. The van der Waals surface area contributed by atoms with Gasteiger partial charge in [0.05, 0.1) is 22.5 Å². The molecule has 5 heteroatoms. The highest BCUT2D eigenvalue weighted by Gasteiger charge is 2.12. The third kappa shape index (κ3) is 2.00. The van der Waals surface area contributed by atoms with E-state index in [2.05, 4.69) is 19.9 Å². The summed E-state index contributed by atoms with van der Waals surface area (Å²) in [6.45, 7) is 1.89. The highest BCUT2D eigenvalue weighted by Crippen LogP contribution is 2.31. The van der Waals surface area contributed by atoms with Gasteiger partial charge in [0, 0.05) is 24.2 Å². The number of rotatable bonds is 2. The van der Waals surface area contributed by atoms with Gasteiger partial charge in [0.1, 0.15) is 5.82 Å². The molecule has 0 aliphatic carbocycles. The van der Waals surface area contributed by atoms with Gasteiger partial charge in [0.25, 0.3) is 0 Å². The average molecular weight is 254 g/mol. The number of thiophene rings is 1. The van der Waals surface area contributed by atoms with E-state index in [9.17, 15) is 0 Å². The summed E-state index contributed by atoms with van der Waals surface area (Å²) >= 11 is 1.66. The second-order valence-electron chi connectivity index (χ2n) is 3.75. The zero-order valence-electron chi connectivity index (χ0n) is 9.74. The summed E-state index contributed by atoms with van der Waals surface area (Å²) < 4.78 is 0. The van der Waals surface area contributed by atoms with E-state index in [1.54, 1.807) is 36.1 Å². The van der Waals surface area contributed by atoms with Gasteiger partial charge >= 0.3 is 0 Å². The lowest BCUT2D eigenvalue weighted by Gasteiger charge is -2.06. The highest BCUT2D eigenvalue weighted by molar-refractivity contribution is 7.13. The van der Waals surface area contributed by atoms with E-state index in [-0.39, 0.29) is 0 Å². The molecule has 0 fully saturated rings. The summed E-state index contributed by atoms with van der Waals surface area (Å²) in [5.74, 6) is 0.756. The van der Waals surface area contributed by atoms with Gasteiger partial charge in [-0.25, -0.2) is 9.97 Å². The lowest BCUT2D eigenvalue weighted by molar-refractivity contribution is 1.06. The second kappa shape index (κ2) is 4.62. The Bertz CT molecular complexity index is 650. The van der Waals surface area contributed by atoms with Gasteiger partial charge in [0.15, 0.2) is 0 Å². The van der Waals surface area contributed by atoms with Crippen LogP contribution in [0.3, 0.4) is 0 Å². The van der Waals surface area contributed by atoms with Crippen LogP contribution in [0.5, 0.6) is 0 Å². The molecule has 0 spiro atoms. The molecule has 3 aromatic heterocycles. The first-order valence-electron chi connectivity index (χ1n) is 5.48. The number of hydrogen-bond donors (Lipinski definition) is 0. The smallest absolute Gasteiger partial charge is 0.125 e. The van der Waals surface area contributed by atoms with Crippen molar-refractivity contribution in [1.29, 1.82) is 0 Å². The van der Waals surface area contributed by atoms with Crippen molar-refractivity contribution in [2.75, 3.05) is 0 Å². The van der Waals surface area contributed by atoms with E-state index in [1.165, 1.54) is 0 Å². The van der Waals surface area contributed by atoms with Crippen LogP contribution in [0.15, 0.2) is 42.3 Å².